The number of piperazine rings is 1. The second kappa shape index (κ2) is 10.1. The van der Waals surface area contributed by atoms with Crippen LogP contribution in [0.25, 0.3) is 0 Å². The zero-order valence-electron chi connectivity index (χ0n) is 18.3. The number of halogens is 1. The Morgan fingerprint density at radius 1 is 1.19 bits per heavy atom. The maximum Gasteiger partial charge on any atom is 0.321 e. The highest BCUT2D eigenvalue weighted by Crippen LogP contribution is 2.29. The third-order valence-electron chi connectivity index (χ3n) is 5.68. The van der Waals surface area contributed by atoms with Crippen LogP contribution in [-0.4, -0.2) is 84.5 Å². The standard InChI is InChI=1S/C22H31FN4O4/c1-15(2)10-19-21(29)25(8-9-31-3)12-18-13-26(22(30)27(18)19)14-20(28)24-11-16-4-6-17(23)7-5-16/h4-7,15,18-19H,8-14H2,1-3H3,(H,24,28)/t18-,19+/m1/s1. The third kappa shape index (κ3) is 5.52. The number of carbonyl (C=O) groups is 3. The lowest BCUT2D eigenvalue weighted by molar-refractivity contribution is -0.143. The number of methoxy groups -OCH3 is 1. The summed E-state index contributed by atoms with van der Waals surface area (Å²) in [6.07, 6.45) is 0.579. The van der Waals surface area contributed by atoms with E-state index in [0.717, 1.165) is 5.56 Å². The number of nitrogens with one attached hydrogen (secondary N) is 1. The minimum Gasteiger partial charge on any atom is -0.383 e. The molecule has 0 aliphatic carbocycles. The van der Waals surface area contributed by atoms with Crippen molar-refractivity contribution in [3.8, 4) is 0 Å². The lowest BCUT2D eigenvalue weighted by Crippen LogP contribution is -2.61. The molecule has 170 valence electrons. The molecule has 0 aromatic heterocycles. The van der Waals surface area contributed by atoms with Gasteiger partial charge in [0.1, 0.15) is 18.4 Å². The molecule has 8 nitrogen and oxygen atoms in total. The Hall–Kier alpha value is -2.68. The molecule has 1 aromatic rings. The van der Waals surface area contributed by atoms with Gasteiger partial charge in [-0.25, -0.2) is 9.18 Å². The Kier molecular flexibility index (Phi) is 7.48. The van der Waals surface area contributed by atoms with Crippen molar-refractivity contribution < 1.29 is 23.5 Å². The molecule has 0 radical (unpaired) electrons. The second-order valence-electron chi connectivity index (χ2n) is 8.55. The fourth-order valence-electron chi connectivity index (χ4n) is 4.18. The summed E-state index contributed by atoms with van der Waals surface area (Å²) in [7, 11) is 1.59. The van der Waals surface area contributed by atoms with E-state index >= 15 is 0 Å². The van der Waals surface area contributed by atoms with Gasteiger partial charge < -0.3 is 24.8 Å². The number of benzene rings is 1. The predicted molar refractivity (Wildman–Crippen MR) is 113 cm³/mol. The van der Waals surface area contributed by atoms with Gasteiger partial charge in [0.15, 0.2) is 0 Å². The quantitative estimate of drug-likeness (QED) is 0.638. The number of ether oxygens (including phenoxy) is 1. The minimum atomic E-state index is -0.518. The number of fused-ring (bicyclic) bond motifs is 1. The molecule has 31 heavy (non-hydrogen) atoms. The number of urea groups is 1. The summed E-state index contributed by atoms with van der Waals surface area (Å²) < 4.78 is 18.1. The van der Waals surface area contributed by atoms with Gasteiger partial charge in [0.2, 0.25) is 11.8 Å². The van der Waals surface area contributed by atoms with E-state index in [9.17, 15) is 18.8 Å². The van der Waals surface area contributed by atoms with Crippen LogP contribution in [0.5, 0.6) is 0 Å². The van der Waals surface area contributed by atoms with Gasteiger partial charge in [-0.3, -0.25) is 9.59 Å². The summed E-state index contributed by atoms with van der Waals surface area (Å²) >= 11 is 0. The first kappa shape index (κ1) is 23.0. The largest absolute Gasteiger partial charge is 0.383 e. The average Bonchev–Trinajstić information content (AvgIpc) is 3.03. The molecule has 2 fully saturated rings. The smallest absolute Gasteiger partial charge is 0.321 e. The first-order chi connectivity index (χ1) is 14.8. The summed E-state index contributed by atoms with van der Waals surface area (Å²) in [4.78, 5) is 43.5. The lowest BCUT2D eigenvalue weighted by atomic mass is 9.97. The van der Waals surface area contributed by atoms with Gasteiger partial charge in [-0.1, -0.05) is 26.0 Å². The Balaban J connectivity index is 1.63. The van der Waals surface area contributed by atoms with Crippen molar-refractivity contribution in [1.29, 1.82) is 0 Å². The molecular formula is C22H31FN4O4. The number of nitrogens with zero attached hydrogens (tertiary/aromatic N) is 3. The molecular weight excluding hydrogens is 403 g/mol. The fraction of sp³-hybridized carbons (Fsp3) is 0.591. The molecule has 1 N–H and O–H groups in total. The molecule has 9 heteroatoms. The highest BCUT2D eigenvalue weighted by molar-refractivity contribution is 5.91. The minimum absolute atomic E-state index is 0.0574. The molecule has 0 bridgehead atoms. The van der Waals surface area contributed by atoms with Crippen LogP contribution < -0.4 is 5.32 Å². The molecule has 3 rings (SSSR count). The molecule has 2 aliphatic heterocycles. The zero-order chi connectivity index (χ0) is 22.5. The van der Waals surface area contributed by atoms with Crippen LogP contribution in [0.2, 0.25) is 0 Å². The van der Waals surface area contributed by atoms with Crippen LogP contribution in [-0.2, 0) is 20.9 Å². The molecule has 0 spiro atoms. The second-order valence-corrected chi connectivity index (χ2v) is 8.55. The molecule has 2 heterocycles. The van der Waals surface area contributed by atoms with Crippen LogP contribution in [0.1, 0.15) is 25.8 Å². The molecule has 1 aromatic carbocycles. The molecule has 0 saturated carbocycles. The van der Waals surface area contributed by atoms with Crippen LogP contribution in [0.3, 0.4) is 0 Å². The van der Waals surface area contributed by atoms with E-state index in [1.54, 1.807) is 29.0 Å². The van der Waals surface area contributed by atoms with Gasteiger partial charge in [-0.05, 0) is 30.0 Å². The van der Waals surface area contributed by atoms with Crippen molar-refractivity contribution in [3.63, 3.8) is 0 Å². The molecule has 0 unspecified atom stereocenters. The summed E-state index contributed by atoms with van der Waals surface area (Å²) in [6, 6.07) is 4.95. The highest BCUT2D eigenvalue weighted by Gasteiger charge is 2.49. The van der Waals surface area contributed by atoms with E-state index in [4.69, 9.17) is 4.74 Å². The van der Waals surface area contributed by atoms with Gasteiger partial charge in [0, 0.05) is 33.3 Å². The normalized spacial score (nSPS) is 21.1. The van der Waals surface area contributed by atoms with Gasteiger partial charge in [0.25, 0.3) is 0 Å². The lowest BCUT2D eigenvalue weighted by Gasteiger charge is -2.42. The van der Waals surface area contributed by atoms with Gasteiger partial charge in [-0.2, -0.15) is 0 Å². The number of carbonyl (C=O) groups excluding carboxylic acids is 3. The first-order valence-corrected chi connectivity index (χ1v) is 10.7. The Bertz CT molecular complexity index is 801. The number of rotatable bonds is 9. The SMILES string of the molecule is COCCN1C[C@@H]2CN(CC(=O)NCc3ccc(F)cc3)C(=O)N2[C@@H](CC(C)C)C1=O. The molecule has 2 saturated heterocycles. The van der Waals surface area contributed by atoms with E-state index in [1.165, 1.54) is 17.0 Å². The summed E-state index contributed by atoms with van der Waals surface area (Å²) in [5.41, 5.74) is 0.774. The maximum absolute atomic E-state index is 13.1. The van der Waals surface area contributed by atoms with Gasteiger partial charge in [-0.15, -0.1) is 0 Å². The predicted octanol–water partition coefficient (Wildman–Crippen LogP) is 1.45. The molecule has 4 amide bonds. The van der Waals surface area contributed by atoms with Crippen LogP contribution >= 0.6 is 0 Å². The van der Waals surface area contributed by atoms with E-state index in [-0.39, 0.29) is 48.7 Å². The van der Waals surface area contributed by atoms with Crippen molar-refractivity contribution in [1.82, 2.24) is 20.0 Å². The van der Waals surface area contributed by atoms with E-state index in [0.29, 0.717) is 32.7 Å². The first-order valence-electron chi connectivity index (χ1n) is 10.7. The summed E-state index contributed by atoms with van der Waals surface area (Å²) in [5.74, 6) is -0.435. The number of amides is 4. The number of hydrogen-bond donors (Lipinski definition) is 1. The topological polar surface area (TPSA) is 82.2 Å². The van der Waals surface area contributed by atoms with Crippen molar-refractivity contribution in [2.45, 2.75) is 38.9 Å². The van der Waals surface area contributed by atoms with Crippen molar-refractivity contribution >= 4 is 17.8 Å². The summed E-state index contributed by atoms with van der Waals surface area (Å²) in [5, 5.41) is 2.77. The number of hydrogen-bond acceptors (Lipinski definition) is 4. The molecule has 2 aliphatic rings. The highest BCUT2D eigenvalue weighted by atomic mass is 19.1. The Labute approximate surface area is 182 Å². The van der Waals surface area contributed by atoms with E-state index in [2.05, 4.69) is 5.32 Å². The van der Waals surface area contributed by atoms with E-state index in [1.807, 2.05) is 13.8 Å². The molecule has 2 atom stereocenters. The van der Waals surface area contributed by atoms with Crippen LogP contribution in [0, 0.1) is 11.7 Å². The van der Waals surface area contributed by atoms with Gasteiger partial charge in [0.05, 0.1) is 12.6 Å². The van der Waals surface area contributed by atoms with Crippen LogP contribution in [0.15, 0.2) is 24.3 Å². The summed E-state index contributed by atoms with van der Waals surface area (Å²) in [6.45, 7) is 6.00. The monoisotopic (exact) mass is 434 g/mol. The third-order valence-corrected chi connectivity index (χ3v) is 5.68. The zero-order valence-corrected chi connectivity index (χ0v) is 18.3. The maximum atomic E-state index is 13.1. The van der Waals surface area contributed by atoms with Crippen molar-refractivity contribution in [3.05, 3.63) is 35.6 Å². The Morgan fingerprint density at radius 2 is 1.87 bits per heavy atom. The Morgan fingerprint density at radius 3 is 2.52 bits per heavy atom. The average molecular weight is 435 g/mol. The fourth-order valence-corrected chi connectivity index (χ4v) is 4.18. The van der Waals surface area contributed by atoms with Gasteiger partial charge >= 0.3 is 6.03 Å². The van der Waals surface area contributed by atoms with E-state index < -0.39 is 6.04 Å². The van der Waals surface area contributed by atoms with Crippen LogP contribution in [0.4, 0.5) is 9.18 Å². The van der Waals surface area contributed by atoms with Crippen molar-refractivity contribution in [2.75, 3.05) is 39.9 Å². The van der Waals surface area contributed by atoms with Crippen molar-refractivity contribution in [2.24, 2.45) is 5.92 Å².